The molecule has 1 aliphatic carbocycles. The van der Waals surface area contributed by atoms with Crippen molar-refractivity contribution in [1.82, 2.24) is 14.9 Å². The maximum absolute atomic E-state index is 12.9. The number of amides is 2. The number of halogens is 1. The Labute approximate surface area is 192 Å². The number of fused-ring (bicyclic) bond motifs is 3. The number of thioether (sulfide) groups is 1. The molecule has 4 rings (SSSR count). The summed E-state index contributed by atoms with van der Waals surface area (Å²) < 4.78 is 12.9. The topological polar surface area (TPSA) is 95.2 Å². The van der Waals surface area contributed by atoms with Crippen LogP contribution in [0.3, 0.4) is 0 Å². The van der Waals surface area contributed by atoms with E-state index in [1.807, 2.05) is 0 Å². The Morgan fingerprint density at radius 2 is 2.06 bits per heavy atom. The zero-order valence-electron chi connectivity index (χ0n) is 17.6. The molecule has 10 heteroatoms. The molecule has 32 heavy (non-hydrogen) atoms. The molecule has 168 valence electrons. The van der Waals surface area contributed by atoms with Gasteiger partial charge in [0.2, 0.25) is 11.8 Å². The highest BCUT2D eigenvalue weighted by Gasteiger charge is 2.21. The van der Waals surface area contributed by atoms with Crippen LogP contribution in [0.25, 0.3) is 10.2 Å². The van der Waals surface area contributed by atoms with Gasteiger partial charge in [0.25, 0.3) is 5.56 Å². The van der Waals surface area contributed by atoms with E-state index in [2.05, 4.69) is 15.3 Å². The summed E-state index contributed by atoms with van der Waals surface area (Å²) in [6, 6.07) is 5.44. The lowest BCUT2D eigenvalue weighted by Gasteiger charge is -2.16. The molecule has 1 aliphatic rings. The number of carbonyl (C=O) groups is 2. The van der Waals surface area contributed by atoms with E-state index in [1.165, 1.54) is 45.8 Å². The van der Waals surface area contributed by atoms with Gasteiger partial charge in [-0.1, -0.05) is 0 Å². The zero-order valence-corrected chi connectivity index (χ0v) is 19.2. The molecule has 1 aromatic carbocycles. The molecule has 0 bridgehead atoms. The highest BCUT2D eigenvalue weighted by Crippen LogP contribution is 2.34. The van der Waals surface area contributed by atoms with Gasteiger partial charge in [0.15, 0.2) is 0 Å². The summed E-state index contributed by atoms with van der Waals surface area (Å²) in [5, 5.41) is 3.37. The monoisotopic (exact) mass is 474 g/mol. The number of aromatic nitrogens is 2. The van der Waals surface area contributed by atoms with Crippen LogP contribution in [0.5, 0.6) is 0 Å². The van der Waals surface area contributed by atoms with Gasteiger partial charge in [-0.3, -0.25) is 14.4 Å². The van der Waals surface area contributed by atoms with E-state index in [4.69, 9.17) is 0 Å². The zero-order chi connectivity index (χ0) is 22.7. The standard InChI is InChI=1S/C22H23FN4O3S2/c1-27(11-18(28)24-14-7-5-13(23)6-8-14)19(29)9-10-31-12-17-25-21(30)20-15-3-2-4-16(15)32-22(20)26-17/h5-8H,2-4,9-12H2,1H3,(H,24,28)(H,25,26,30). The molecule has 7 nitrogen and oxygen atoms in total. The smallest absolute Gasteiger partial charge is 0.259 e. The van der Waals surface area contributed by atoms with Crippen LogP contribution in [0.4, 0.5) is 10.1 Å². The minimum atomic E-state index is -0.383. The number of H-pyrrole nitrogens is 1. The number of aryl methyl sites for hydroxylation is 2. The summed E-state index contributed by atoms with van der Waals surface area (Å²) in [5.74, 6) is 0.788. The second-order valence-electron chi connectivity index (χ2n) is 7.66. The third kappa shape index (κ3) is 5.18. The fourth-order valence-electron chi connectivity index (χ4n) is 3.67. The Morgan fingerprint density at radius 3 is 2.84 bits per heavy atom. The number of carbonyl (C=O) groups excluding carboxylic acids is 2. The first-order chi connectivity index (χ1) is 15.4. The van der Waals surface area contributed by atoms with E-state index in [-0.39, 0.29) is 36.2 Å². The Bertz CT molecular complexity index is 1210. The number of nitrogens with zero attached hydrogens (tertiary/aromatic N) is 2. The predicted octanol–water partition coefficient (Wildman–Crippen LogP) is 3.33. The molecule has 0 aliphatic heterocycles. The number of hydrogen-bond acceptors (Lipinski definition) is 6. The van der Waals surface area contributed by atoms with Gasteiger partial charge in [-0.15, -0.1) is 11.3 Å². The lowest BCUT2D eigenvalue weighted by Crippen LogP contribution is -2.35. The number of anilines is 1. The summed E-state index contributed by atoms with van der Waals surface area (Å²) in [7, 11) is 1.57. The molecule has 2 amide bonds. The highest BCUT2D eigenvalue weighted by atomic mass is 32.2. The van der Waals surface area contributed by atoms with Gasteiger partial charge >= 0.3 is 0 Å². The van der Waals surface area contributed by atoms with E-state index in [9.17, 15) is 18.8 Å². The van der Waals surface area contributed by atoms with Crippen LogP contribution in [0.1, 0.15) is 29.1 Å². The molecule has 0 unspecified atom stereocenters. The summed E-state index contributed by atoms with van der Waals surface area (Å²) in [6.07, 6.45) is 3.35. The van der Waals surface area contributed by atoms with E-state index in [0.29, 0.717) is 23.0 Å². The highest BCUT2D eigenvalue weighted by molar-refractivity contribution is 7.98. The third-order valence-electron chi connectivity index (χ3n) is 5.26. The van der Waals surface area contributed by atoms with Gasteiger partial charge in [0.1, 0.15) is 16.5 Å². The number of thiophene rings is 1. The molecule has 0 atom stereocenters. The van der Waals surface area contributed by atoms with Crippen LogP contribution in [-0.4, -0.2) is 46.0 Å². The number of nitrogens with one attached hydrogen (secondary N) is 2. The molecule has 2 aromatic heterocycles. The summed E-state index contributed by atoms with van der Waals surface area (Å²) in [6.45, 7) is -0.0878. The summed E-state index contributed by atoms with van der Waals surface area (Å²) in [5.41, 5.74) is 1.56. The molecule has 0 fully saturated rings. The average molecular weight is 475 g/mol. The lowest BCUT2D eigenvalue weighted by atomic mass is 10.2. The molecule has 0 radical (unpaired) electrons. The largest absolute Gasteiger partial charge is 0.336 e. The Morgan fingerprint density at radius 1 is 1.28 bits per heavy atom. The van der Waals surface area contributed by atoms with Gasteiger partial charge in [-0.25, -0.2) is 9.37 Å². The van der Waals surface area contributed by atoms with Crippen molar-refractivity contribution in [3.8, 4) is 0 Å². The van der Waals surface area contributed by atoms with Crippen LogP contribution < -0.4 is 10.9 Å². The third-order valence-corrected chi connectivity index (χ3v) is 7.41. The van der Waals surface area contributed by atoms with Crippen LogP contribution in [-0.2, 0) is 28.2 Å². The van der Waals surface area contributed by atoms with Crippen LogP contribution in [0.15, 0.2) is 29.1 Å². The second-order valence-corrected chi connectivity index (χ2v) is 9.85. The van der Waals surface area contributed by atoms with Gasteiger partial charge < -0.3 is 15.2 Å². The number of likely N-dealkylation sites (N-methyl/N-ethyl adjacent to an activating group) is 1. The fourth-order valence-corrected chi connectivity index (χ4v) is 5.75. The fraction of sp³-hybridized carbons (Fsp3) is 0.364. The Kier molecular flexibility index (Phi) is 6.90. The van der Waals surface area contributed by atoms with Crippen molar-refractivity contribution in [2.45, 2.75) is 31.4 Å². The normalized spacial score (nSPS) is 12.7. The van der Waals surface area contributed by atoms with Crippen molar-refractivity contribution in [1.29, 1.82) is 0 Å². The Balaban J connectivity index is 1.23. The van der Waals surface area contributed by atoms with E-state index in [1.54, 1.807) is 18.4 Å². The maximum atomic E-state index is 12.9. The first-order valence-corrected chi connectivity index (χ1v) is 12.3. The molecule has 0 saturated carbocycles. The number of aromatic amines is 1. The quantitative estimate of drug-likeness (QED) is 0.489. The summed E-state index contributed by atoms with van der Waals surface area (Å²) in [4.78, 5) is 47.8. The number of hydrogen-bond donors (Lipinski definition) is 2. The summed E-state index contributed by atoms with van der Waals surface area (Å²) >= 11 is 3.12. The first kappa shape index (κ1) is 22.5. The van der Waals surface area contributed by atoms with Crippen molar-refractivity contribution < 1.29 is 14.0 Å². The van der Waals surface area contributed by atoms with Crippen molar-refractivity contribution >= 4 is 50.8 Å². The minimum absolute atomic E-state index is 0.0759. The van der Waals surface area contributed by atoms with Crippen LogP contribution >= 0.6 is 23.1 Å². The molecule has 0 spiro atoms. The molecule has 2 N–H and O–H groups in total. The van der Waals surface area contributed by atoms with Gasteiger partial charge in [-0.05, 0) is 49.1 Å². The average Bonchev–Trinajstić information content (AvgIpc) is 3.33. The first-order valence-electron chi connectivity index (χ1n) is 10.3. The number of benzene rings is 1. The van der Waals surface area contributed by atoms with Crippen molar-refractivity contribution in [3.05, 3.63) is 56.7 Å². The molecular formula is C22H23FN4O3S2. The predicted molar refractivity (Wildman–Crippen MR) is 126 cm³/mol. The van der Waals surface area contributed by atoms with Crippen molar-refractivity contribution in [3.63, 3.8) is 0 Å². The van der Waals surface area contributed by atoms with Crippen molar-refractivity contribution in [2.75, 3.05) is 24.7 Å². The maximum Gasteiger partial charge on any atom is 0.259 e. The molecule has 2 heterocycles. The SMILES string of the molecule is CN(CC(=O)Nc1ccc(F)cc1)C(=O)CCSCc1nc2sc3c(c2c(=O)[nH]1)CCC3. The van der Waals surface area contributed by atoms with Crippen LogP contribution in [0.2, 0.25) is 0 Å². The Hall–Kier alpha value is -2.72. The molecule has 0 saturated heterocycles. The van der Waals surface area contributed by atoms with Gasteiger partial charge in [-0.2, -0.15) is 11.8 Å². The minimum Gasteiger partial charge on any atom is -0.336 e. The molecule has 3 aromatic rings. The van der Waals surface area contributed by atoms with Gasteiger partial charge in [0.05, 0.1) is 17.7 Å². The van der Waals surface area contributed by atoms with E-state index in [0.717, 1.165) is 35.0 Å². The van der Waals surface area contributed by atoms with E-state index >= 15 is 0 Å². The van der Waals surface area contributed by atoms with Crippen molar-refractivity contribution in [2.24, 2.45) is 0 Å². The number of rotatable bonds is 8. The molecular weight excluding hydrogens is 451 g/mol. The second kappa shape index (κ2) is 9.83. The lowest BCUT2D eigenvalue weighted by molar-refractivity contribution is -0.132. The van der Waals surface area contributed by atoms with E-state index < -0.39 is 0 Å². The van der Waals surface area contributed by atoms with Gasteiger partial charge in [0, 0.05) is 29.8 Å². The van der Waals surface area contributed by atoms with Crippen LogP contribution in [0, 0.1) is 5.82 Å².